The summed E-state index contributed by atoms with van der Waals surface area (Å²) < 4.78 is 11.0. The van der Waals surface area contributed by atoms with Gasteiger partial charge in [-0.1, -0.05) is 18.2 Å². The largest absolute Gasteiger partial charge is 0.464 e. The van der Waals surface area contributed by atoms with Crippen LogP contribution in [-0.2, 0) is 17.6 Å². The van der Waals surface area contributed by atoms with Gasteiger partial charge in [0.1, 0.15) is 11.2 Å². The van der Waals surface area contributed by atoms with Gasteiger partial charge in [0.25, 0.3) is 0 Å². The van der Waals surface area contributed by atoms with Gasteiger partial charge < -0.3 is 19.1 Å². The zero-order valence-corrected chi connectivity index (χ0v) is 17.4. The molecule has 1 amide bonds. The first-order chi connectivity index (χ1) is 15.0. The highest BCUT2D eigenvalue weighted by Crippen LogP contribution is 2.28. The van der Waals surface area contributed by atoms with Crippen LogP contribution in [0.1, 0.15) is 22.3 Å². The number of hydrogen-bond acceptors (Lipinski definition) is 4. The molecule has 5 aromatic rings. The zero-order chi connectivity index (χ0) is 21.5. The van der Waals surface area contributed by atoms with Gasteiger partial charge in [0.05, 0.1) is 18.2 Å². The molecule has 2 aromatic carbocycles. The normalized spacial score (nSPS) is 11.5. The van der Waals surface area contributed by atoms with E-state index in [0.717, 1.165) is 38.4 Å². The number of amides is 1. The third-order valence-corrected chi connectivity index (χ3v) is 5.90. The fraction of sp³-hybridized carbons (Fsp3) is 0.200. The number of carbonyl (C=O) groups excluding carboxylic acids is 1. The third-order valence-electron chi connectivity index (χ3n) is 5.90. The Bertz CT molecular complexity index is 1500. The van der Waals surface area contributed by atoms with E-state index in [2.05, 4.69) is 16.4 Å². The number of para-hydroxylation sites is 1. The minimum Gasteiger partial charge on any atom is -0.464 e. The van der Waals surface area contributed by atoms with Crippen molar-refractivity contribution in [1.82, 2.24) is 10.3 Å². The number of rotatable bonds is 5. The second kappa shape index (κ2) is 7.47. The maximum absolute atomic E-state index is 12.6. The summed E-state index contributed by atoms with van der Waals surface area (Å²) in [6.07, 6.45) is 4.34. The lowest BCUT2D eigenvalue weighted by atomic mass is 10.0. The summed E-state index contributed by atoms with van der Waals surface area (Å²) in [5, 5.41) is 5.87. The predicted octanol–water partition coefficient (Wildman–Crippen LogP) is 4.54. The number of aromatic nitrogens is 1. The van der Waals surface area contributed by atoms with Crippen molar-refractivity contribution in [1.29, 1.82) is 0 Å². The van der Waals surface area contributed by atoms with Gasteiger partial charge in [0, 0.05) is 40.5 Å². The minimum atomic E-state index is -0.487. The van der Waals surface area contributed by atoms with Gasteiger partial charge in [0.2, 0.25) is 5.91 Å². The van der Waals surface area contributed by atoms with Crippen LogP contribution in [0.2, 0.25) is 0 Å². The summed E-state index contributed by atoms with van der Waals surface area (Å²) in [5.41, 5.74) is 5.05. The molecular formula is C25H22N2O4. The van der Waals surface area contributed by atoms with Crippen LogP contribution in [0.5, 0.6) is 0 Å². The summed E-state index contributed by atoms with van der Waals surface area (Å²) in [6.45, 7) is 4.32. The van der Waals surface area contributed by atoms with E-state index in [1.165, 1.54) is 0 Å². The Kier molecular flexibility index (Phi) is 4.62. The maximum atomic E-state index is 12.6. The second-order valence-corrected chi connectivity index (χ2v) is 7.89. The molecule has 0 unspecified atom stereocenters. The maximum Gasteiger partial charge on any atom is 0.340 e. The Hall–Kier alpha value is -3.80. The van der Waals surface area contributed by atoms with Crippen molar-refractivity contribution >= 4 is 38.7 Å². The van der Waals surface area contributed by atoms with E-state index in [-0.39, 0.29) is 12.3 Å². The van der Waals surface area contributed by atoms with E-state index in [1.54, 1.807) is 12.3 Å². The van der Waals surface area contributed by atoms with Crippen molar-refractivity contribution in [3.05, 3.63) is 81.5 Å². The summed E-state index contributed by atoms with van der Waals surface area (Å²) in [6, 6.07) is 11.8. The molecule has 3 aromatic heterocycles. The average Bonchev–Trinajstić information content (AvgIpc) is 3.33. The van der Waals surface area contributed by atoms with E-state index in [0.29, 0.717) is 29.7 Å². The molecule has 0 saturated carbocycles. The monoisotopic (exact) mass is 414 g/mol. The highest BCUT2D eigenvalue weighted by atomic mass is 16.4. The van der Waals surface area contributed by atoms with Crippen molar-refractivity contribution in [2.45, 2.75) is 26.7 Å². The molecule has 0 radical (unpaired) electrons. The Balaban J connectivity index is 1.34. The van der Waals surface area contributed by atoms with Crippen molar-refractivity contribution in [3.8, 4) is 0 Å². The first kappa shape index (κ1) is 19.2. The third kappa shape index (κ3) is 3.40. The van der Waals surface area contributed by atoms with Gasteiger partial charge in [-0.05, 0) is 49.1 Å². The Morgan fingerprint density at radius 2 is 1.90 bits per heavy atom. The number of aryl methyl sites for hydroxylation is 2. The predicted molar refractivity (Wildman–Crippen MR) is 120 cm³/mol. The lowest BCUT2D eigenvalue weighted by molar-refractivity contribution is -0.120. The number of aromatic amines is 1. The number of fused-ring (bicyclic) bond motifs is 3. The highest BCUT2D eigenvalue weighted by Gasteiger charge is 2.17. The fourth-order valence-corrected chi connectivity index (χ4v) is 4.14. The number of benzene rings is 2. The molecule has 3 heterocycles. The van der Waals surface area contributed by atoms with Crippen molar-refractivity contribution in [2.75, 3.05) is 6.54 Å². The van der Waals surface area contributed by atoms with E-state index >= 15 is 0 Å². The van der Waals surface area contributed by atoms with E-state index in [4.69, 9.17) is 8.83 Å². The summed E-state index contributed by atoms with van der Waals surface area (Å²) in [4.78, 5) is 28.4. The van der Waals surface area contributed by atoms with Crippen LogP contribution >= 0.6 is 0 Å². The van der Waals surface area contributed by atoms with Crippen LogP contribution in [0.3, 0.4) is 0 Å². The number of carbonyl (C=O) groups is 1. The lowest BCUT2D eigenvalue weighted by Crippen LogP contribution is -2.29. The minimum absolute atomic E-state index is 0.0135. The topological polar surface area (TPSA) is 88.2 Å². The first-order valence-corrected chi connectivity index (χ1v) is 10.3. The molecule has 156 valence electrons. The quantitative estimate of drug-likeness (QED) is 0.413. The van der Waals surface area contributed by atoms with Crippen molar-refractivity contribution < 1.29 is 13.6 Å². The zero-order valence-electron chi connectivity index (χ0n) is 17.4. The van der Waals surface area contributed by atoms with Gasteiger partial charge in [-0.25, -0.2) is 4.79 Å². The Labute approximate surface area is 177 Å². The molecule has 0 aliphatic carbocycles. The van der Waals surface area contributed by atoms with E-state index in [1.807, 2.05) is 44.3 Å². The average molecular weight is 414 g/mol. The van der Waals surface area contributed by atoms with Gasteiger partial charge in [-0.2, -0.15) is 0 Å². The van der Waals surface area contributed by atoms with Gasteiger partial charge in [-0.15, -0.1) is 0 Å². The molecule has 0 atom stereocenters. The molecule has 0 spiro atoms. The lowest BCUT2D eigenvalue weighted by Gasteiger charge is -2.09. The summed E-state index contributed by atoms with van der Waals surface area (Å²) >= 11 is 0. The molecule has 0 bridgehead atoms. The molecule has 0 fully saturated rings. The number of nitrogens with one attached hydrogen (secondary N) is 2. The molecule has 6 nitrogen and oxygen atoms in total. The van der Waals surface area contributed by atoms with Crippen LogP contribution in [0, 0.1) is 13.8 Å². The molecule has 0 aliphatic rings. The van der Waals surface area contributed by atoms with E-state index in [9.17, 15) is 9.59 Å². The molecule has 0 saturated heterocycles. The van der Waals surface area contributed by atoms with Crippen molar-refractivity contribution in [2.24, 2.45) is 0 Å². The summed E-state index contributed by atoms with van der Waals surface area (Å²) in [7, 11) is 0. The molecular weight excluding hydrogens is 392 g/mol. The summed E-state index contributed by atoms with van der Waals surface area (Å²) in [5.74, 6) is -0.199. The van der Waals surface area contributed by atoms with Crippen LogP contribution < -0.4 is 10.9 Å². The smallest absolute Gasteiger partial charge is 0.340 e. The first-order valence-electron chi connectivity index (χ1n) is 10.3. The molecule has 5 rings (SSSR count). The van der Waals surface area contributed by atoms with Gasteiger partial charge in [-0.3, -0.25) is 4.79 Å². The van der Waals surface area contributed by atoms with Crippen LogP contribution in [-0.4, -0.2) is 17.4 Å². The van der Waals surface area contributed by atoms with Crippen LogP contribution in [0.15, 0.2) is 62.5 Å². The second-order valence-electron chi connectivity index (χ2n) is 7.89. The molecule has 0 aliphatic heterocycles. The SMILES string of the molecule is Cc1coc2cc3oc(=O)c(CC(=O)NCCc4c[nH]c5ccccc45)c(C)c3cc12. The van der Waals surface area contributed by atoms with Crippen molar-refractivity contribution in [3.63, 3.8) is 0 Å². The molecule has 2 N–H and O–H groups in total. The van der Waals surface area contributed by atoms with Crippen LogP contribution in [0.4, 0.5) is 0 Å². The number of furan rings is 1. The van der Waals surface area contributed by atoms with Gasteiger partial charge >= 0.3 is 5.63 Å². The van der Waals surface area contributed by atoms with E-state index < -0.39 is 5.63 Å². The molecule has 6 heteroatoms. The van der Waals surface area contributed by atoms with Gasteiger partial charge in [0.15, 0.2) is 0 Å². The molecule has 31 heavy (non-hydrogen) atoms. The number of hydrogen-bond donors (Lipinski definition) is 2. The highest BCUT2D eigenvalue weighted by molar-refractivity contribution is 5.96. The van der Waals surface area contributed by atoms with Crippen LogP contribution in [0.25, 0.3) is 32.8 Å². The number of H-pyrrole nitrogens is 1. The fourth-order valence-electron chi connectivity index (χ4n) is 4.14. The Morgan fingerprint density at radius 1 is 1.06 bits per heavy atom. The Morgan fingerprint density at radius 3 is 2.77 bits per heavy atom. The standard InChI is InChI=1S/C25H22N2O4/c1-14-13-30-22-11-23-19(9-18(14)22)15(2)20(25(29)31-23)10-24(28)26-8-7-16-12-27-21-6-4-3-5-17(16)21/h3-6,9,11-13,27H,7-8,10H2,1-2H3,(H,26,28).